The van der Waals surface area contributed by atoms with Crippen LogP contribution in [0.1, 0.15) is 24.8 Å². The van der Waals surface area contributed by atoms with E-state index in [9.17, 15) is 14.7 Å². The lowest BCUT2D eigenvalue weighted by Gasteiger charge is -2.26. The Balaban J connectivity index is 1.47. The number of hydrogen-bond acceptors (Lipinski definition) is 5. The summed E-state index contributed by atoms with van der Waals surface area (Å²) in [6, 6.07) is 7.45. The van der Waals surface area contributed by atoms with Gasteiger partial charge in [0.15, 0.2) is 0 Å². The zero-order chi connectivity index (χ0) is 18.5. The van der Waals surface area contributed by atoms with Crippen LogP contribution in [0.2, 0.25) is 0 Å². The average molecular weight is 356 g/mol. The molecular formula is C19H24N4O3. The molecule has 0 saturated carbocycles. The van der Waals surface area contributed by atoms with Gasteiger partial charge < -0.3 is 5.11 Å². The maximum Gasteiger partial charge on any atom is 0.347 e. The summed E-state index contributed by atoms with van der Waals surface area (Å²) in [5.74, 6) is 0.336. The molecule has 7 nitrogen and oxygen atoms in total. The van der Waals surface area contributed by atoms with E-state index in [0.717, 1.165) is 49.0 Å². The highest BCUT2D eigenvalue weighted by Crippen LogP contribution is 2.29. The van der Waals surface area contributed by atoms with Gasteiger partial charge in [0.25, 0.3) is 5.56 Å². The first-order chi connectivity index (χ1) is 12.6. The SMILES string of the molecule is Cn1c(=O)cnn(CCCCN2CC=C(c3ccccc3O)CC2)c1=O. The predicted molar refractivity (Wildman–Crippen MR) is 100 cm³/mol. The molecular weight excluding hydrogens is 332 g/mol. The fraction of sp³-hybridized carbons (Fsp3) is 0.421. The molecule has 2 heterocycles. The van der Waals surface area contributed by atoms with Crippen molar-refractivity contribution < 1.29 is 5.11 Å². The fourth-order valence-electron chi connectivity index (χ4n) is 3.18. The van der Waals surface area contributed by atoms with Gasteiger partial charge in [-0.1, -0.05) is 24.3 Å². The molecule has 0 amide bonds. The number of aryl methyl sites for hydroxylation is 1. The van der Waals surface area contributed by atoms with Gasteiger partial charge in [0.1, 0.15) is 11.9 Å². The number of phenolic OH excluding ortho intramolecular Hbond substituents is 1. The van der Waals surface area contributed by atoms with Crippen molar-refractivity contribution in [2.45, 2.75) is 25.8 Å². The summed E-state index contributed by atoms with van der Waals surface area (Å²) in [6.07, 6.45) is 6.06. The van der Waals surface area contributed by atoms with Crippen LogP contribution >= 0.6 is 0 Å². The number of hydrogen-bond donors (Lipinski definition) is 1. The summed E-state index contributed by atoms with van der Waals surface area (Å²) in [6.45, 7) is 3.28. The zero-order valence-corrected chi connectivity index (χ0v) is 15.0. The van der Waals surface area contributed by atoms with Gasteiger partial charge in [0, 0.05) is 32.2 Å². The van der Waals surface area contributed by atoms with Crippen molar-refractivity contribution in [3.63, 3.8) is 0 Å². The first-order valence-electron chi connectivity index (χ1n) is 8.89. The van der Waals surface area contributed by atoms with Gasteiger partial charge in [-0.2, -0.15) is 5.10 Å². The van der Waals surface area contributed by atoms with Crippen LogP contribution in [0.15, 0.2) is 46.1 Å². The van der Waals surface area contributed by atoms with Crippen LogP contribution in [0, 0.1) is 0 Å². The Kier molecular flexibility index (Phi) is 5.68. The summed E-state index contributed by atoms with van der Waals surface area (Å²) >= 11 is 0. The van der Waals surface area contributed by atoms with Gasteiger partial charge in [0.05, 0.1) is 0 Å². The number of unbranched alkanes of at least 4 members (excludes halogenated alkanes) is 1. The van der Waals surface area contributed by atoms with E-state index in [-0.39, 0.29) is 11.2 Å². The van der Waals surface area contributed by atoms with E-state index in [0.29, 0.717) is 12.3 Å². The maximum atomic E-state index is 11.9. The van der Waals surface area contributed by atoms with E-state index >= 15 is 0 Å². The summed E-state index contributed by atoms with van der Waals surface area (Å²) < 4.78 is 2.41. The van der Waals surface area contributed by atoms with Crippen LogP contribution in [0.5, 0.6) is 5.75 Å². The van der Waals surface area contributed by atoms with Gasteiger partial charge in [-0.05, 0) is 37.4 Å². The van der Waals surface area contributed by atoms with E-state index < -0.39 is 0 Å². The van der Waals surface area contributed by atoms with E-state index in [2.05, 4.69) is 16.1 Å². The molecule has 7 heteroatoms. The number of phenols is 1. The summed E-state index contributed by atoms with van der Waals surface area (Å²) in [7, 11) is 1.46. The smallest absolute Gasteiger partial charge is 0.347 e. The highest BCUT2D eigenvalue weighted by atomic mass is 16.3. The number of rotatable bonds is 6. The number of aromatic hydroxyl groups is 1. The molecule has 0 spiro atoms. The first-order valence-corrected chi connectivity index (χ1v) is 8.89. The molecule has 138 valence electrons. The Morgan fingerprint density at radius 3 is 2.65 bits per heavy atom. The summed E-state index contributed by atoms with van der Waals surface area (Å²) in [5, 5.41) is 13.9. The maximum absolute atomic E-state index is 11.9. The second kappa shape index (κ2) is 8.14. The monoisotopic (exact) mass is 356 g/mol. The standard InChI is InChI=1S/C19H24N4O3/c1-21-18(25)14-20-23(19(21)26)11-5-4-10-22-12-8-15(9-13-22)16-6-2-3-7-17(16)24/h2-3,6-8,14,24H,4-5,9-13H2,1H3. The molecule has 1 aliphatic rings. The van der Waals surface area contributed by atoms with Crippen molar-refractivity contribution in [1.82, 2.24) is 19.2 Å². The quantitative estimate of drug-likeness (QED) is 0.787. The van der Waals surface area contributed by atoms with Crippen molar-refractivity contribution in [1.29, 1.82) is 0 Å². The van der Waals surface area contributed by atoms with Gasteiger partial charge in [-0.25, -0.2) is 9.48 Å². The third-order valence-corrected chi connectivity index (χ3v) is 4.78. The molecule has 1 N–H and O–H groups in total. The fourth-order valence-corrected chi connectivity index (χ4v) is 3.18. The minimum Gasteiger partial charge on any atom is -0.507 e. The molecule has 0 unspecified atom stereocenters. The minimum atomic E-state index is -0.383. The van der Waals surface area contributed by atoms with Crippen molar-refractivity contribution in [3.05, 3.63) is 62.9 Å². The average Bonchev–Trinajstić information content (AvgIpc) is 2.66. The van der Waals surface area contributed by atoms with Gasteiger partial charge in [0.2, 0.25) is 0 Å². The second-order valence-corrected chi connectivity index (χ2v) is 6.55. The molecule has 3 rings (SSSR count). The Bertz CT molecular complexity index is 913. The Labute approximate surface area is 151 Å². The molecule has 0 aliphatic carbocycles. The molecule has 0 bridgehead atoms. The lowest BCUT2D eigenvalue weighted by atomic mass is 9.98. The topological polar surface area (TPSA) is 80.4 Å². The second-order valence-electron chi connectivity index (χ2n) is 6.55. The largest absolute Gasteiger partial charge is 0.507 e. The molecule has 1 aromatic carbocycles. The molecule has 26 heavy (non-hydrogen) atoms. The molecule has 0 fully saturated rings. The molecule has 0 radical (unpaired) electrons. The molecule has 2 aromatic rings. The van der Waals surface area contributed by atoms with E-state index in [1.807, 2.05) is 18.2 Å². The van der Waals surface area contributed by atoms with Crippen LogP contribution in [0.4, 0.5) is 0 Å². The minimum absolute atomic E-state index is 0.336. The number of para-hydroxylation sites is 1. The molecule has 0 atom stereocenters. The van der Waals surface area contributed by atoms with Crippen molar-refractivity contribution in [2.75, 3.05) is 19.6 Å². The predicted octanol–water partition coefficient (Wildman–Crippen LogP) is 1.22. The molecule has 1 aliphatic heterocycles. The number of benzene rings is 1. The normalized spacial score (nSPS) is 15.0. The molecule has 1 aromatic heterocycles. The van der Waals surface area contributed by atoms with Crippen LogP contribution in [0.25, 0.3) is 5.57 Å². The van der Waals surface area contributed by atoms with Gasteiger partial charge >= 0.3 is 5.69 Å². The van der Waals surface area contributed by atoms with Gasteiger partial charge in [-0.3, -0.25) is 14.3 Å². The summed E-state index contributed by atoms with van der Waals surface area (Å²) in [5.41, 5.74) is 1.37. The lowest BCUT2D eigenvalue weighted by molar-refractivity contribution is 0.290. The Morgan fingerprint density at radius 1 is 1.15 bits per heavy atom. The van der Waals surface area contributed by atoms with E-state index in [1.165, 1.54) is 23.5 Å². The number of aromatic nitrogens is 3. The number of nitrogens with zero attached hydrogens (tertiary/aromatic N) is 4. The highest BCUT2D eigenvalue weighted by Gasteiger charge is 2.14. The van der Waals surface area contributed by atoms with Crippen molar-refractivity contribution >= 4 is 5.57 Å². The van der Waals surface area contributed by atoms with Crippen LogP contribution in [-0.2, 0) is 13.6 Å². The first kappa shape index (κ1) is 18.1. The van der Waals surface area contributed by atoms with Crippen LogP contribution in [-0.4, -0.2) is 44.0 Å². The van der Waals surface area contributed by atoms with E-state index in [4.69, 9.17) is 0 Å². The Hall–Kier alpha value is -2.67. The van der Waals surface area contributed by atoms with Crippen LogP contribution in [0.3, 0.4) is 0 Å². The van der Waals surface area contributed by atoms with Gasteiger partial charge in [-0.15, -0.1) is 0 Å². The molecule has 0 saturated heterocycles. The van der Waals surface area contributed by atoms with E-state index in [1.54, 1.807) is 6.07 Å². The Morgan fingerprint density at radius 2 is 1.92 bits per heavy atom. The third-order valence-electron chi connectivity index (χ3n) is 4.78. The van der Waals surface area contributed by atoms with Crippen molar-refractivity contribution in [3.8, 4) is 5.75 Å². The third kappa shape index (κ3) is 4.11. The van der Waals surface area contributed by atoms with Crippen molar-refractivity contribution in [2.24, 2.45) is 7.05 Å². The zero-order valence-electron chi connectivity index (χ0n) is 15.0. The summed E-state index contributed by atoms with van der Waals surface area (Å²) in [4.78, 5) is 25.6. The highest BCUT2D eigenvalue weighted by molar-refractivity contribution is 5.71. The lowest BCUT2D eigenvalue weighted by Crippen LogP contribution is -2.39. The van der Waals surface area contributed by atoms with Crippen LogP contribution < -0.4 is 11.2 Å².